The Bertz CT molecular complexity index is 446. The maximum Gasteiger partial charge on any atom is 0.200 e. The number of imidazole rings is 1. The lowest BCUT2D eigenvalue weighted by Gasteiger charge is -1.91. The highest BCUT2D eigenvalue weighted by Gasteiger charge is 1.98. The van der Waals surface area contributed by atoms with Crippen LogP contribution in [0.1, 0.15) is 0 Å². The molecule has 12 heavy (non-hydrogen) atoms. The molecule has 0 saturated carbocycles. The van der Waals surface area contributed by atoms with Gasteiger partial charge in [-0.3, -0.25) is 0 Å². The van der Waals surface area contributed by atoms with Crippen molar-refractivity contribution in [1.82, 2.24) is 19.9 Å². The number of aromatic nitrogens is 4. The normalized spacial score (nSPS) is 9.67. The Morgan fingerprint density at radius 3 is 3.00 bits per heavy atom. The molecule has 2 aromatic heterocycles. The second kappa shape index (κ2) is 3.08. The van der Waals surface area contributed by atoms with Gasteiger partial charge >= 0.3 is 0 Å². The molecule has 0 unspecified atom stereocenters. The van der Waals surface area contributed by atoms with E-state index in [1.54, 1.807) is 0 Å². The first-order valence-electron chi connectivity index (χ1n) is 2.96. The highest BCUT2D eigenvalue weighted by molar-refractivity contribution is 7.71. The van der Waals surface area contributed by atoms with Crippen LogP contribution in [0.15, 0.2) is 6.33 Å². The van der Waals surface area contributed by atoms with Crippen molar-refractivity contribution in [2.24, 2.45) is 0 Å². The summed E-state index contributed by atoms with van der Waals surface area (Å²) < 4.78 is 0.439. The number of anilines is 1. The number of fused-ring (bicyclic) bond motifs is 1. The summed E-state index contributed by atoms with van der Waals surface area (Å²) in [5.74, 6) is 0.287. The van der Waals surface area contributed by atoms with E-state index in [2.05, 4.69) is 19.9 Å². The molecule has 0 aliphatic rings. The molecule has 7 heteroatoms. The number of nitrogen functional groups attached to an aromatic ring is 1. The average Bonchev–Trinajstić information content (AvgIpc) is 2.34. The molecule has 0 aliphatic carbocycles. The van der Waals surface area contributed by atoms with Gasteiger partial charge in [-0.25, -0.2) is 9.97 Å². The fourth-order valence-electron chi connectivity index (χ4n) is 0.867. The third-order valence-electron chi connectivity index (χ3n) is 1.32. The number of halogens is 1. The molecule has 4 N–H and O–H groups in total. The molecule has 0 aliphatic heterocycles. The van der Waals surface area contributed by atoms with E-state index in [1.165, 1.54) is 6.33 Å². The van der Waals surface area contributed by atoms with Crippen LogP contribution >= 0.6 is 24.6 Å². The van der Waals surface area contributed by atoms with E-state index in [-0.39, 0.29) is 18.4 Å². The number of hydrogen-bond donors (Lipinski definition) is 3. The number of rotatable bonds is 0. The lowest BCUT2D eigenvalue weighted by atomic mass is 10.6. The molecule has 5 nitrogen and oxygen atoms in total. The minimum absolute atomic E-state index is 0. The van der Waals surface area contributed by atoms with E-state index in [4.69, 9.17) is 18.0 Å². The van der Waals surface area contributed by atoms with Crippen LogP contribution < -0.4 is 5.73 Å². The van der Waals surface area contributed by atoms with Crippen LogP contribution in [-0.4, -0.2) is 19.9 Å². The SMILES string of the molecule is Cl.Nc1nc(=S)c2[nH]cnc2[nH]1. The Morgan fingerprint density at radius 1 is 1.50 bits per heavy atom. The van der Waals surface area contributed by atoms with Crippen LogP contribution in [0.2, 0.25) is 0 Å². The minimum atomic E-state index is 0. The zero-order chi connectivity index (χ0) is 7.84. The summed E-state index contributed by atoms with van der Waals surface area (Å²) in [6.45, 7) is 0. The van der Waals surface area contributed by atoms with Gasteiger partial charge < -0.3 is 15.7 Å². The smallest absolute Gasteiger partial charge is 0.200 e. The summed E-state index contributed by atoms with van der Waals surface area (Å²) in [7, 11) is 0. The van der Waals surface area contributed by atoms with Crippen molar-refractivity contribution >= 4 is 41.7 Å². The van der Waals surface area contributed by atoms with E-state index in [0.29, 0.717) is 15.8 Å². The van der Waals surface area contributed by atoms with Gasteiger partial charge in [-0.2, -0.15) is 0 Å². The van der Waals surface area contributed by atoms with E-state index < -0.39 is 0 Å². The number of nitrogens with two attached hydrogens (primary N) is 1. The van der Waals surface area contributed by atoms with Gasteiger partial charge in [0.15, 0.2) is 10.3 Å². The summed E-state index contributed by atoms with van der Waals surface area (Å²) >= 11 is 4.91. The Hall–Kier alpha value is -1.14. The van der Waals surface area contributed by atoms with Crippen molar-refractivity contribution < 1.29 is 0 Å². The van der Waals surface area contributed by atoms with Crippen LogP contribution in [0.5, 0.6) is 0 Å². The van der Waals surface area contributed by atoms with Crippen LogP contribution in [0, 0.1) is 4.64 Å². The molecule has 0 fully saturated rings. The van der Waals surface area contributed by atoms with Gasteiger partial charge in [0.1, 0.15) is 5.52 Å². The number of H-pyrrole nitrogens is 2. The molecule has 0 spiro atoms. The first kappa shape index (κ1) is 8.95. The van der Waals surface area contributed by atoms with Gasteiger partial charge in [-0.05, 0) is 0 Å². The lowest BCUT2D eigenvalue weighted by Crippen LogP contribution is -1.94. The zero-order valence-electron chi connectivity index (χ0n) is 5.87. The van der Waals surface area contributed by atoms with Gasteiger partial charge in [-0.1, -0.05) is 12.2 Å². The van der Waals surface area contributed by atoms with Crippen molar-refractivity contribution in [3.8, 4) is 0 Å². The molecule has 0 aromatic carbocycles. The maximum atomic E-state index is 5.40. The first-order chi connectivity index (χ1) is 5.27. The summed E-state index contributed by atoms with van der Waals surface area (Å²) in [6.07, 6.45) is 1.54. The second-order valence-electron chi connectivity index (χ2n) is 2.05. The van der Waals surface area contributed by atoms with Gasteiger partial charge in [0.25, 0.3) is 0 Å². The molecule has 2 aromatic rings. The Kier molecular flexibility index (Phi) is 2.30. The molecule has 64 valence electrons. The predicted molar refractivity (Wildman–Crippen MR) is 50.7 cm³/mol. The third kappa shape index (κ3) is 1.26. The minimum Gasteiger partial charge on any atom is -0.369 e. The third-order valence-corrected chi connectivity index (χ3v) is 1.62. The fraction of sp³-hybridized carbons (Fsp3) is 0. The number of nitrogens with zero attached hydrogens (tertiary/aromatic N) is 2. The van der Waals surface area contributed by atoms with E-state index in [9.17, 15) is 0 Å². The van der Waals surface area contributed by atoms with Crippen molar-refractivity contribution in [1.29, 1.82) is 0 Å². The van der Waals surface area contributed by atoms with Gasteiger partial charge in [-0.15, -0.1) is 12.4 Å². The van der Waals surface area contributed by atoms with Crippen LogP contribution in [0.25, 0.3) is 11.2 Å². The lowest BCUT2D eigenvalue weighted by molar-refractivity contribution is 1.20. The standard InChI is InChI=1S/C5H5N5S.ClH/c6-5-9-3-2(4(11)10-5)7-1-8-3;/h1H,(H4,6,7,8,9,10,11);1H. The predicted octanol–water partition coefficient (Wildman–Crippen LogP) is 1.02. The summed E-state index contributed by atoms with van der Waals surface area (Å²) in [5, 5.41) is 0. The number of aromatic amines is 2. The highest BCUT2D eigenvalue weighted by Crippen LogP contribution is 2.06. The van der Waals surface area contributed by atoms with Gasteiger partial charge in [0.05, 0.1) is 6.33 Å². The Balaban J connectivity index is 0.000000720. The molecule has 0 atom stereocenters. The first-order valence-corrected chi connectivity index (χ1v) is 3.37. The molecule has 0 radical (unpaired) electrons. The second-order valence-corrected chi connectivity index (χ2v) is 2.44. The maximum absolute atomic E-state index is 5.40. The fourth-order valence-corrected chi connectivity index (χ4v) is 1.12. The van der Waals surface area contributed by atoms with Crippen LogP contribution in [0.4, 0.5) is 5.95 Å². The Morgan fingerprint density at radius 2 is 2.25 bits per heavy atom. The van der Waals surface area contributed by atoms with Crippen LogP contribution in [0.3, 0.4) is 0 Å². The van der Waals surface area contributed by atoms with Crippen molar-refractivity contribution in [3.63, 3.8) is 0 Å². The Labute approximate surface area is 78.8 Å². The summed E-state index contributed by atoms with van der Waals surface area (Å²) in [6, 6.07) is 0. The summed E-state index contributed by atoms with van der Waals surface area (Å²) in [4.78, 5) is 13.4. The topological polar surface area (TPSA) is 83.4 Å². The number of nitrogens with one attached hydrogen (secondary N) is 2. The zero-order valence-corrected chi connectivity index (χ0v) is 7.50. The van der Waals surface area contributed by atoms with Crippen molar-refractivity contribution in [2.75, 3.05) is 5.73 Å². The molecule has 0 amide bonds. The van der Waals surface area contributed by atoms with E-state index in [1.807, 2.05) is 0 Å². The van der Waals surface area contributed by atoms with Gasteiger partial charge in [0.2, 0.25) is 5.95 Å². The van der Waals surface area contributed by atoms with E-state index >= 15 is 0 Å². The quantitative estimate of drug-likeness (QED) is 0.559. The number of hydrogen-bond acceptors (Lipinski definition) is 4. The molecular weight excluding hydrogens is 198 g/mol. The largest absolute Gasteiger partial charge is 0.369 e. The molecular formula is C5H6ClN5S. The molecule has 2 rings (SSSR count). The van der Waals surface area contributed by atoms with E-state index in [0.717, 1.165) is 0 Å². The molecule has 0 bridgehead atoms. The van der Waals surface area contributed by atoms with Crippen molar-refractivity contribution in [3.05, 3.63) is 11.0 Å². The summed E-state index contributed by atoms with van der Waals surface area (Å²) in [5.41, 5.74) is 6.75. The van der Waals surface area contributed by atoms with Crippen molar-refractivity contribution in [2.45, 2.75) is 0 Å². The monoisotopic (exact) mass is 203 g/mol. The van der Waals surface area contributed by atoms with Gasteiger partial charge in [0, 0.05) is 0 Å². The highest BCUT2D eigenvalue weighted by atomic mass is 35.5. The van der Waals surface area contributed by atoms with Crippen LogP contribution in [-0.2, 0) is 0 Å². The average molecular weight is 204 g/mol. The molecule has 0 saturated heterocycles. The molecule has 2 heterocycles.